The largest absolute Gasteiger partial charge is 0.370 e. The number of rotatable bonds is 4. The van der Waals surface area contributed by atoms with Crippen LogP contribution in [0.25, 0.3) is 0 Å². The van der Waals surface area contributed by atoms with Gasteiger partial charge in [0, 0.05) is 25.1 Å². The molecule has 2 heterocycles. The predicted octanol–water partition coefficient (Wildman–Crippen LogP) is 2.65. The number of carbonyl (C=O) groups is 1. The first-order chi connectivity index (χ1) is 13.3. The van der Waals surface area contributed by atoms with Gasteiger partial charge in [0.25, 0.3) is 5.91 Å². The average molecular weight is 365 g/mol. The molecule has 1 unspecified atom stereocenters. The molecule has 4 rings (SSSR count). The van der Waals surface area contributed by atoms with E-state index in [4.69, 9.17) is 0 Å². The fourth-order valence-corrected chi connectivity index (χ4v) is 4.38. The normalized spacial score (nSPS) is 19.9. The number of hydrogen-bond acceptors (Lipinski definition) is 2. The fourth-order valence-electron chi connectivity index (χ4n) is 4.38. The summed E-state index contributed by atoms with van der Waals surface area (Å²) < 4.78 is 0. The highest BCUT2D eigenvalue weighted by Crippen LogP contribution is 2.27. The maximum absolute atomic E-state index is 12.7. The quantitative estimate of drug-likeness (QED) is 0.875. The smallest absolute Gasteiger partial charge is 0.279 e. The Kier molecular flexibility index (Phi) is 5.73. The van der Waals surface area contributed by atoms with Gasteiger partial charge in [-0.15, -0.1) is 0 Å². The van der Waals surface area contributed by atoms with E-state index in [1.54, 1.807) is 0 Å². The summed E-state index contributed by atoms with van der Waals surface area (Å²) in [4.78, 5) is 16.5. The van der Waals surface area contributed by atoms with Gasteiger partial charge in [0.1, 0.15) is 6.54 Å². The Morgan fingerprint density at radius 2 is 1.63 bits per heavy atom. The van der Waals surface area contributed by atoms with E-state index in [0.29, 0.717) is 6.54 Å². The van der Waals surface area contributed by atoms with Gasteiger partial charge in [-0.2, -0.15) is 0 Å². The maximum Gasteiger partial charge on any atom is 0.279 e. The number of benzene rings is 2. The molecular weight excluding hydrogens is 334 g/mol. The Morgan fingerprint density at radius 3 is 2.44 bits per heavy atom. The van der Waals surface area contributed by atoms with Gasteiger partial charge in [0.15, 0.2) is 6.54 Å². The first-order valence-corrected chi connectivity index (χ1v) is 10.3. The van der Waals surface area contributed by atoms with Crippen LogP contribution < -0.4 is 15.1 Å². The van der Waals surface area contributed by atoms with Gasteiger partial charge in [0.2, 0.25) is 0 Å². The number of amides is 1. The van der Waals surface area contributed by atoms with E-state index >= 15 is 0 Å². The van der Waals surface area contributed by atoms with Gasteiger partial charge in [-0.1, -0.05) is 49.2 Å². The molecule has 142 valence electrons. The Hall–Kier alpha value is -2.33. The van der Waals surface area contributed by atoms with E-state index in [1.807, 2.05) is 12.1 Å². The van der Waals surface area contributed by atoms with Crippen molar-refractivity contribution in [3.63, 3.8) is 0 Å². The third-order valence-electron chi connectivity index (χ3n) is 5.84. The van der Waals surface area contributed by atoms with E-state index in [-0.39, 0.29) is 5.91 Å². The molecule has 1 fully saturated rings. The number of anilines is 2. The molecule has 0 aromatic heterocycles. The SMILES string of the molecule is O=C(C[NH+]1CCc2ccccc2C1)Nc1ccccc1N1CCCCCC1. The molecule has 0 saturated carbocycles. The molecule has 2 aromatic rings. The Balaban J connectivity index is 1.40. The number of nitrogens with zero attached hydrogens (tertiary/aromatic N) is 1. The summed E-state index contributed by atoms with van der Waals surface area (Å²) in [5.41, 5.74) is 4.96. The molecule has 4 heteroatoms. The molecule has 1 atom stereocenters. The van der Waals surface area contributed by atoms with E-state index in [2.05, 4.69) is 46.6 Å². The summed E-state index contributed by atoms with van der Waals surface area (Å²) in [5, 5.41) is 3.20. The van der Waals surface area contributed by atoms with Crippen LogP contribution in [0.2, 0.25) is 0 Å². The second-order valence-corrected chi connectivity index (χ2v) is 7.84. The molecule has 1 amide bonds. The molecule has 2 aromatic carbocycles. The molecule has 1 saturated heterocycles. The van der Waals surface area contributed by atoms with Crippen molar-refractivity contribution in [2.24, 2.45) is 0 Å². The van der Waals surface area contributed by atoms with Crippen LogP contribution in [0.1, 0.15) is 36.8 Å². The molecule has 2 N–H and O–H groups in total. The zero-order chi connectivity index (χ0) is 18.5. The summed E-state index contributed by atoms with van der Waals surface area (Å²) in [6.07, 6.45) is 6.15. The van der Waals surface area contributed by atoms with Gasteiger partial charge >= 0.3 is 0 Å². The first kappa shape index (κ1) is 18.1. The molecule has 2 aliphatic rings. The lowest BCUT2D eigenvalue weighted by Gasteiger charge is -2.27. The highest BCUT2D eigenvalue weighted by Gasteiger charge is 2.22. The van der Waals surface area contributed by atoms with Crippen LogP contribution in [-0.2, 0) is 17.8 Å². The Morgan fingerprint density at radius 1 is 0.926 bits per heavy atom. The molecule has 2 aliphatic heterocycles. The van der Waals surface area contributed by atoms with Crippen molar-refractivity contribution in [2.75, 3.05) is 36.4 Å². The van der Waals surface area contributed by atoms with E-state index in [1.165, 1.54) is 47.4 Å². The van der Waals surface area contributed by atoms with Gasteiger partial charge in [-0.3, -0.25) is 4.79 Å². The monoisotopic (exact) mass is 364 g/mol. The lowest BCUT2D eigenvalue weighted by atomic mass is 10.00. The molecule has 0 radical (unpaired) electrons. The zero-order valence-corrected chi connectivity index (χ0v) is 16.0. The van der Waals surface area contributed by atoms with Crippen LogP contribution in [0.15, 0.2) is 48.5 Å². The van der Waals surface area contributed by atoms with Crippen LogP contribution in [0, 0.1) is 0 Å². The summed E-state index contributed by atoms with van der Waals surface area (Å²) in [7, 11) is 0. The van der Waals surface area contributed by atoms with Crippen molar-refractivity contribution in [1.29, 1.82) is 0 Å². The molecule has 0 aliphatic carbocycles. The molecule has 0 spiro atoms. The first-order valence-electron chi connectivity index (χ1n) is 10.3. The number of para-hydroxylation sites is 2. The van der Waals surface area contributed by atoms with Crippen molar-refractivity contribution in [3.05, 3.63) is 59.7 Å². The maximum atomic E-state index is 12.7. The van der Waals surface area contributed by atoms with E-state index in [9.17, 15) is 4.79 Å². The Bertz CT molecular complexity index is 781. The summed E-state index contributed by atoms with van der Waals surface area (Å²) >= 11 is 0. The predicted molar refractivity (Wildman–Crippen MR) is 110 cm³/mol. The molecule has 27 heavy (non-hydrogen) atoms. The third-order valence-corrected chi connectivity index (χ3v) is 5.84. The Labute approximate surface area is 162 Å². The van der Waals surface area contributed by atoms with Gasteiger partial charge in [0.05, 0.1) is 17.9 Å². The van der Waals surface area contributed by atoms with E-state index < -0.39 is 0 Å². The second kappa shape index (κ2) is 8.57. The van der Waals surface area contributed by atoms with Crippen LogP contribution in [-0.4, -0.2) is 32.1 Å². The van der Waals surface area contributed by atoms with Gasteiger partial charge in [-0.05, 0) is 30.5 Å². The molecule has 0 bridgehead atoms. The van der Waals surface area contributed by atoms with Crippen molar-refractivity contribution in [2.45, 2.75) is 38.6 Å². The minimum Gasteiger partial charge on any atom is -0.370 e. The fraction of sp³-hybridized carbons (Fsp3) is 0.435. The lowest BCUT2D eigenvalue weighted by Crippen LogP contribution is -3.12. The summed E-state index contributed by atoms with van der Waals surface area (Å²) in [6, 6.07) is 16.9. The molecule has 4 nitrogen and oxygen atoms in total. The van der Waals surface area contributed by atoms with Crippen LogP contribution in [0.3, 0.4) is 0 Å². The average Bonchev–Trinajstić information content (AvgIpc) is 2.98. The highest BCUT2D eigenvalue weighted by molar-refractivity contribution is 5.95. The van der Waals surface area contributed by atoms with Gasteiger partial charge in [-0.25, -0.2) is 0 Å². The molecular formula is C23H30N3O+. The second-order valence-electron chi connectivity index (χ2n) is 7.84. The minimum atomic E-state index is 0.117. The van der Waals surface area contributed by atoms with Crippen LogP contribution >= 0.6 is 0 Å². The topological polar surface area (TPSA) is 36.8 Å². The van der Waals surface area contributed by atoms with Crippen molar-refractivity contribution < 1.29 is 9.69 Å². The highest BCUT2D eigenvalue weighted by atomic mass is 16.2. The van der Waals surface area contributed by atoms with Crippen molar-refractivity contribution in [1.82, 2.24) is 0 Å². The summed E-state index contributed by atoms with van der Waals surface area (Å²) in [6.45, 7) is 4.67. The number of fused-ring (bicyclic) bond motifs is 1. The minimum absolute atomic E-state index is 0.117. The standard InChI is InChI=1S/C23H29N3O/c27-23(18-25-16-13-19-9-3-4-10-20(19)17-25)24-21-11-5-6-12-22(21)26-14-7-1-2-8-15-26/h3-6,9-12H,1-2,7-8,13-18H2,(H,24,27)/p+1. The van der Waals surface area contributed by atoms with Gasteiger partial charge < -0.3 is 15.1 Å². The van der Waals surface area contributed by atoms with Crippen molar-refractivity contribution in [3.8, 4) is 0 Å². The lowest BCUT2D eigenvalue weighted by molar-refractivity contribution is -0.907. The number of carbonyl (C=O) groups excluding carboxylic acids is 1. The van der Waals surface area contributed by atoms with E-state index in [0.717, 1.165) is 38.3 Å². The number of hydrogen-bond donors (Lipinski definition) is 2. The zero-order valence-electron chi connectivity index (χ0n) is 16.0. The third kappa shape index (κ3) is 4.51. The number of nitrogens with one attached hydrogen (secondary N) is 2. The van der Waals surface area contributed by atoms with Crippen molar-refractivity contribution >= 4 is 17.3 Å². The number of quaternary nitrogens is 1. The van der Waals surface area contributed by atoms with Crippen LogP contribution in [0.4, 0.5) is 11.4 Å². The summed E-state index contributed by atoms with van der Waals surface area (Å²) in [5.74, 6) is 0.117. The van der Waals surface area contributed by atoms with Crippen LogP contribution in [0.5, 0.6) is 0 Å².